The lowest BCUT2D eigenvalue weighted by Crippen LogP contribution is -2.56. The van der Waals surface area contributed by atoms with Gasteiger partial charge in [0, 0.05) is 31.7 Å². The number of nitrogens with one attached hydrogen (secondary N) is 1. The van der Waals surface area contributed by atoms with Crippen molar-refractivity contribution in [1.82, 2.24) is 10.2 Å². The van der Waals surface area contributed by atoms with Gasteiger partial charge in [-0.2, -0.15) is 11.3 Å². The van der Waals surface area contributed by atoms with Crippen LogP contribution in [0.2, 0.25) is 0 Å². The first-order valence-corrected chi connectivity index (χ1v) is 7.51. The Hall–Kier alpha value is -0.380. The Labute approximate surface area is 109 Å². The molecule has 2 atom stereocenters. The molecule has 1 aliphatic rings. The number of hydrogen-bond donors (Lipinski definition) is 1. The van der Waals surface area contributed by atoms with Crippen molar-refractivity contribution >= 4 is 11.3 Å². The van der Waals surface area contributed by atoms with Gasteiger partial charge in [0.05, 0.1) is 0 Å². The Morgan fingerprint density at radius 3 is 2.82 bits per heavy atom. The Morgan fingerprint density at radius 1 is 1.47 bits per heavy atom. The predicted octanol–water partition coefficient (Wildman–Crippen LogP) is 2.87. The summed E-state index contributed by atoms with van der Waals surface area (Å²) in [5, 5.41) is 8.21. The maximum atomic E-state index is 3.65. The molecule has 0 radical (unpaired) electrons. The van der Waals surface area contributed by atoms with Crippen molar-refractivity contribution in [3.63, 3.8) is 0 Å². The molecule has 1 aliphatic heterocycles. The van der Waals surface area contributed by atoms with Crippen molar-refractivity contribution in [2.45, 2.75) is 46.3 Å². The predicted molar refractivity (Wildman–Crippen MR) is 75.6 cm³/mol. The molecule has 2 unspecified atom stereocenters. The average Bonchev–Trinajstić information content (AvgIpc) is 2.67. The van der Waals surface area contributed by atoms with Crippen LogP contribution in [0.25, 0.3) is 0 Å². The molecular formula is C14H24N2S. The SMILES string of the molecule is Cc1cscc1CN1CC(C(C)C)NCC1C. The summed E-state index contributed by atoms with van der Waals surface area (Å²) in [5.74, 6) is 0.716. The van der Waals surface area contributed by atoms with E-state index < -0.39 is 0 Å². The molecule has 2 nitrogen and oxygen atoms in total. The molecule has 1 N–H and O–H groups in total. The summed E-state index contributed by atoms with van der Waals surface area (Å²) in [6.07, 6.45) is 0. The van der Waals surface area contributed by atoms with E-state index >= 15 is 0 Å². The second kappa shape index (κ2) is 5.51. The molecule has 1 saturated heterocycles. The molecule has 0 aliphatic carbocycles. The van der Waals surface area contributed by atoms with Gasteiger partial charge in [-0.1, -0.05) is 13.8 Å². The van der Waals surface area contributed by atoms with Gasteiger partial charge in [0.1, 0.15) is 0 Å². The number of aryl methyl sites for hydroxylation is 1. The molecule has 3 heteroatoms. The van der Waals surface area contributed by atoms with Crippen LogP contribution in [0, 0.1) is 12.8 Å². The first-order chi connectivity index (χ1) is 8.08. The number of thiophene rings is 1. The van der Waals surface area contributed by atoms with Crippen LogP contribution in [-0.4, -0.2) is 30.1 Å². The van der Waals surface area contributed by atoms with E-state index in [0.717, 1.165) is 13.1 Å². The average molecular weight is 252 g/mol. The lowest BCUT2D eigenvalue weighted by Gasteiger charge is -2.40. The van der Waals surface area contributed by atoms with Crippen LogP contribution in [0.15, 0.2) is 10.8 Å². The topological polar surface area (TPSA) is 15.3 Å². The van der Waals surface area contributed by atoms with Gasteiger partial charge in [-0.25, -0.2) is 0 Å². The number of rotatable bonds is 3. The summed E-state index contributed by atoms with van der Waals surface area (Å²) < 4.78 is 0. The summed E-state index contributed by atoms with van der Waals surface area (Å²) in [6.45, 7) is 12.6. The first-order valence-electron chi connectivity index (χ1n) is 6.57. The molecule has 1 aromatic rings. The van der Waals surface area contributed by atoms with Crippen LogP contribution in [0.4, 0.5) is 0 Å². The van der Waals surface area contributed by atoms with Crippen LogP contribution < -0.4 is 5.32 Å². The molecule has 1 fully saturated rings. The fourth-order valence-corrected chi connectivity index (χ4v) is 3.23. The van der Waals surface area contributed by atoms with Crippen LogP contribution in [0.3, 0.4) is 0 Å². The molecular weight excluding hydrogens is 228 g/mol. The Balaban J connectivity index is 2.01. The van der Waals surface area contributed by atoms with E-state index in [1.54, 1.807) is 0 Å². The first kappa shape index (κ1) is 13.1. The van der Waals surface area contributed by atoms with Crippen molar-refractivity contribution in [2.24, 2.45) is 5.92 Å². The molecule has 0 amide bonds. The largest absolute Gasteiger partial charge is 0.311 e. The fraction of sp³-hybridized carbons (Fsp3) is 0.714. The highest BCUT2D eigenvalue weighted by Crippen LogP contribution is 2.20. The van der Waals surface area contributed by atoms with Crippen molar-refractivity contribution < 1.29 is 0 Å². The van der Waals surface area contributed by atoms with Gasteiger partial charge >= 0.3 is 0 Å². The third-order valence-corrected chi connectivity index (χ3v) is 4.78. The third kappa shape index (κ3) is 3.09. The van der Waals surface area contributed by atoms with Gasteiger partial charge in [-0.05, 0) is 41.7 Å². The monoisotopic (exact) mass is 252 g/mol. The maximum Gasteiger partial charge on any atom is 0.0248 e. The lowest BCUT2D eigenvalue weighted by atomic mass is 9.99. The Bertz CT molecular complexity index is 359. The second-order valence-electron chi connectivity index (χ2n) is 5.62. The quantitative estimate of drug-likeness (QED) is 0.890. The third-order valence-electron chi connectivity index (χ3n) is 3.87. The molecule has 2 rings (SSSR count). The number of hydrogen-bond acceptors (Lipinski definition) is 3. The van der Waals surface area contributed by atoms with Crippen molar-refractivity contribution in [3.8, 4) is 0 Å². The van der Waals surface area contributed by atoms with Gasteiger partial charge in [-0.15, -0.1) is 0 Å². The molecule has 2 heterocycles. The zero-order valence-electron chi connectivity index (χ0n) is 11.4. The van der Waals surface area contributed by atoms with E-state index in [0.29, 0.717) is 18.0 Å². The fourth-order valence-electron chi connectivity index (χ4n) is 2.38. The van der Waals surface area contributed by atoms with Crippen LogP contribution in [0.1, 0.15) is 31.9 Å². The van der Waals surface area contributed by atoms with Gasteiger partial charge in [0.15, 0.2) is 0 Å². The highest BCUT2D eigenvalue weighted by Gasteiger charge is 2.26. The molecule has 0 aromatic carbocycles. The molecule has 0 spiro atoms. The molecule has 17 heavy (non-hydrogen) atoms. The minimum atomic E-state index is 0.643. The normalized spacial score (nSPS) is 26.6. The molecule has 1 aromatic heterocycles. The van der Waals surface area contributed by atoms with E-state index in [-0.39, 0.29) is 0 Å². The van der Waals surface area contributed by atoms with E-state index in [4.69, 9.17) is 0 Å². The molecule has 96 valence electrons. The summed E-state index contributed by atoms with van der Waals surface area (Å²) in [6, 6.07) is 1.29. The summed E-state index contributed by atoms with van der Waals surface area (Å²) in [7, 11) is 0. The molecule has 0 bridgehead atoms. The standard InChI is InChI=1S/C14H24N2S/c1-10(2)14-7-16(12(4)5-15-14)6-13-9-17-8-11(13)3/h8-10,12,14-15H,5-7H2,1-4H3. The van der Waals surface area contributed by atoms with Gasteiger partial charge in [0.25, 0.3) is 0 Å². The zero-order valence-corrected chi connectivity index (χ0v) is 12.2. The van der Waals surface area contributed by atoms with Crippen molar-refractivity contribution in [1.29, 1.82) is 0 Å². The zero-order chi connectivity index (χ0) is 12.4. The smallest absolute Gasteiger partial charge is 0.0248 e. The second-order valence-corrected chi connectivity index (χ2v) is 6.36. The minimum Gasteiger partial charge on any atom is -0.311 e. The minimum absolute atomic E-state index is 0.643. The van der Waals surface area contributed by atoms with Gasteiger partial charge in [0.2, 0.25) is 0 Å². The van der Waals surface area contributed by atoms with Crippen LogP contribution in [0.5, 0.6) is 0 Å². The summed E-state index contributed by atoms with van der Waals surface area (Å²) >= 11 is 1.82. The highest BCUT2D eigenvalue weighted by molar-refractivity contribution is 7.08. The van der Waals surface area contributed by atoms with E-state index in [1.807, 2.05) is 11.3 Å². The van der Waals surface area contributed by atoms with E-state index in [2.05, 4.69) is 48.7 Å². The van der Waals surface area contributed by atoms with Crippen LogP contribution >= 0.6 is 11.3 Å². The number of nitrogens with zero attached hydrogens (tertiary/aromatic N) is 1. The lowest BCUT2D eigenvalue weighted by molar-refractivity contribution is 0.116. The van der Waals surface area contributed by atoms with Gasteiger partial charge in [-0.3, -0.25) is 4.90 Å². The van der Waals surface area contributed by atoms with Crippen molar-refractivity contribution in [2.75, 3.05) is 13.1 Å². The van der Waals surface area contributed by atoms with E-state index in [1.165, 1.54) is 17.7 Å². The number of piperazine rings is 1. The Kier molecular flexibility index (Phi) is 4.23. The molecule has 0 saturated carbocycles. The summed E-state index contributed by atoms with van der Waals surface area (Å²) in [5.41, 5.74) is 2.95. The maximum absolute atomic E-state index is 3.65. The highest BCUT2D eigenvalue weighted by atomic mass is 32.1. The summed E-state index contributed by atoms with van der Waals surface area (Å²) in [4.78, 5) is 2.62. The van der Waals surface area contributed by atoms with Crippen LogP contribution in [-0.2, 0) is 6.54 Å². The van der Waals surface area contributed by atoms with Gasteiger partial charge < -0.3 is 5.32 Å². The van der Waals surface area contributed by atoms with E-state index in [9.17, 15) is 0 Å². The van der Waals surface area contributed by atoms with Crippen molar-refractivity contribution in [3.05, 3.63) is 21.9 Å². The Morgan fingerprint density at radius 2 is 2.24 bits per heavy atom.